The quantitative estimate of drug-likeness (QED) is 0.698. The van der Waals surface area contributed by atoms with Crippen molar-refractivity contribution in [2.75, 3.05) is 26.7 Å². The second kappa shape index (κ2) is 8.20. The lowest BCUT2D eigenvalue weighted by molar-refractivity contribution is 0.254. The smallest absolute Gasteiger partial charge is 0.0270 e. The number of hydrogen-bond donors (Lipinski definition) is 1. The van der Waals surface area contributed by atoms with Crippen molar-refractivity contribution in [3.63, 3.8) is 0 Å². The van der Waals surface area contributed by atoms with Gasteiger partial charge in [0.25, 0.3) is 0 Å². The Balaban J connectivity index is 2.22. The van der Waals surface area contributed by atoms with Crippen molar-refractivity contribution in [1.82, 2.24) is 15.2 Å². The first-order valence-corrected chi connectivity index (χ1v) is 6.54. The molecule has 3 heteroatoms. The Morgan fingerprint density at radius 2 is 2.06 bits per heavy atom. The van der Waals surface area contributed by atoms with E-state index in [1.807, 2.05) is 12.4 Å². The first-order chi connectivity index (χ1) is 8.24. The van der Waals surface area contributed by atoms with Gasteiger partial charge in [0, 0.05) is 31.5 Å². The van der Waals surface area contributed by atoms with Gasteiger partial charge in [0.05, 0.1) is 0 Å². The summed E-state index contributed by atoms with van der Waals surface area (Å²) in [6, 6.07) is 4.77. The zero-order chi connectivity index (χ0) is 12.5. The van der Waals surface area contributed by atoms with Crippen LogP contribution in [0.1, 0.15) is 25.8 Å². The van der Waals surface area contributed by atoms with Gasteiger partial charge >= 0.3 is 0 Å². The highest BCUT2D eigenvalue weighted by molar-refractivity contribution is 5.09. The van der Waals surface area contributed by atoms with Gasteiger partial charge in [-0.3, -0.25) is 4.98 Å². The molecular formula is C14H25N3. The fourth-order valence-electron chi connectivity index (χ4n) is 1.72. The van der Waals surface area contributed by atoms with Crippen LogP contribution < -0.4 is 5.32 Å². The van der Waals surface area contributed by atoms with E-state index in [2.05, 4.69) is 48.2 Å². The van der Waals surface area contributed by atoms with Gasteiger partial charge in [-0.2, -0.15) is 0 Å². The molecular weight excluding hydrogens is 210 g/mol. The fraction of sp³-hybridized carbons (Fsp3) is 0.643. The Morgan fingerprint density at radius 3 is 2.71 bits per heavy atom. The highest BCUT2D eigenvalue weighted by atomic mass is 15.1. The Kier molecular flexibility index (Phi) is 6.82. The summed E-state index contributed by atoms with van der Waals surface area (Å²) in [6.07, 6.45) is 6.02. The highest BCUT2D eigenvalue weighted by Gasteiger charge is 2.07. The average molecular weight is 235 g/mol. The summed E-state index contributed by atoms with van der Waals surface area (Å²) in [5.74, 6) is 0. The van der Waals surface area contributed by atoms with Crippen LogP contribution in [0.15, 0.2) is 24.5 Å². The molecule has 3 nitrogen and oxygen atoms in total. The first kappa shape index (κ1) is 14.1. The van der Waals surface area contributed by atoms with E-state index in [4.69, 9.17) is 0 Å². The molecule has 0 fully saturated rings. The van der Waals surface area contributed by atoms with Crippen LogP contribution in [0.5, 0.6) is 0 Å². The van der Waals surface area contributed by atoms with Crippen molar-refractivity contribution < 1.29 is 0 Å². The van der Waals surface area contributed by atoms with Gasteiger partial charge in [0.15, 0.2) is 0 Å². The normalized spacial score (nSPS) is 12.9. The number of nitrogens with one attached hydrogen (secondary N) is 1. The summed E-state index contributed by atoms with van der Waals surface area (Å²) >= 11 is 0. The van der Waals surface area contributed by atoms with Gasteiger partial charge in [-0.25, -0.2) is 0 Å². The molecule has 0 saturated carbocycles. The van der Waals surface area contributed by atoms with Crippen molar-refractivity contribution in [1.29, 1.82) is 0 Å². The summed E-state index contributed by atoms with van der Waals surface area (Å²) in [6.45, 7) is 7.75. The van der Waals surface area contributed by atoms with Crippen molar-refractivity contribution in [2.45, 2.75) is 32.7 Å². The molecule has 1 unspecified atom stereocenters. The van der Waals surface area contributed by atoms with E-state index in [-0.39, 0.29) is 0 Å². The average Bonchev–Trinajstić information content (AvgIpc) is 2.37. The maximum atomic E-state index is 4.03. The predicted octanol–water partition coefficient (Wildman–Crippen LogP) is 1.94. The Morgan fingerprint density at radius 1 is 1.35 bits per heavy atom. The third-order valence-electron chi connectivity index (χ3n) is 3.12. The molecule has 0 aliphatic heterocycles. The number of nitrogens with zero attached hydrogens (tertiary/aromatic N) is 2. The molecule has 0 saturated heterocycles. The first-order valence-electron chi connectivity index (χ1n) is 6.54. The molecule has 17 heavy (non-hydrogen) atoms. The minimum atomic E-state index is 0.586. The van der Waals surface area contributed by atoms with Crippen LogP contribution in [0.25, 0.3) is 0 Å². The standard InChI is InChI=1S/C14H25N3/c1-4-8-16-12-13(2)17(3)11-7-14-5-9-15-10-6-14/h5-6,9-10,13,16H,4,7-8,11-12H2,1-3H3. The highest BCUT2D eigenvalue weighted by Crippen LogP contribution is 2.01. The molecule has 1 heterocycles. The van der Waals surface area contributed by atoms with Gasteiger partial charge in [-0.05, 0) is 51.1 Å². The third kappa shape index (κ3) is 5.80. The summed E-state index contributed by atoms with van der Waals surface area (Å²) in [4.78, 5) is 6.44. The van der Waals surface area contributed by atoms with E-state index in [0.29, 0.717) is 6.04 Å². The van der Waals surface area contributed by atoms with Crippen molar-refractivity contribution in [2.24, 2.45) is 0 Å². The van der Waals surface area contributed by atoms with Crippen LogP contribution in [-0.2, 0) is 6.42 Å². The van der Waals surface area contributed by atoms with Crippen LogP contribution in [-0.4, -0.2) is 42.6 Å². The molecule has 1 atom stereocenters. The molecule has 1 aromatic rings. The largest absolute Gasteiger partial charge is 0.315 e. The molecule has 96 valence electrons. The molecule has 1 rings (SSSR count). The van der Waals surface area contributed by atoms with Crippen LogP contribution in [0.4, 0.5) is 0 Å². The van der Waals surface area contributed by atoms with Crippen LogP contribution in [0.3, 0.4) is 0 Å². The SMILES string of the molecule is CCCNCC(C)N(C)CCc1ccncc1. The summed E-state index contributed by atoms with van der Waals surface area (Å²) < 4.78 is 0. The van der Waals surface area contributed by atoms with Crippen molar-refractivity contribution >= 4 is 0 Å². The zero-order valence-corrected chi connectivity index (χ0v) is 11.3. The minimum Gasteiger partial charge on any atom is -0.315 e. The van der Waals surface area contributed by atoms with Crippen LogP contribution >= 0.6 is 0 Å². The second-order valence-electron chi connectivity index (χ2n) is 4.64. The number of hydrogen-bond acceptors (Lipinski definition) is 3. The third-order valence-corrected chi connectivity index (χ3v) is 3.12. The topological polar surface area (TPSA) is 28.2 Å². The molecule has 0 spiro atoms. The Hall–Kier alpha value is -0.930. The summed E-state index contributed by atoms with van der Waals surface area (Å²) in [5, 5.41) is 3.46. The maximum absolute atomic E-state index is 4.03. The van der Waals surface area contributed by atoms with Crippen LogP contribution in [0.2, 0.25) is 0 Å². The van der Waals surface area contributed by atoms with E-state index in [1.165, 1.54) is 12.0 Å². The lowest BCUT2D eigenvalue weighted by atomic mass is 10.2. The Labute approximate surface area is 105 Å². The Bertz CT molecular complexity index is 287. The molecule has 0 bridgehead atoms. The van der Waals surface area contributed by atoms with E-state index in [1.54, 1.807) is 0 Å². The molecule has 0 aliphatic rings. The predicted molar refractivity (Wildman–Crippen MR) is 73.2 cm³/mol. The second-order valence-corrected chi connectivity index (χ2v) is 4.64. The number of aromatic nitrogens is 1. The molecule has 1 N–H and O–H groups in total. The molecule has 0 aliphatic carbocycles. The molecule has 1 aromatic heterocycles. The van der Waals surface area contributed by atoms with E-state index in [9.17, 15) is 0 Å². The summed E-state index contributed by atoms with van der Waals surface area (Å²) in [5.41, 5.74) is 1.36. The fourth-order valence-corrected chi connectivity index (χ4v) is 1.72. The molecule has 0 amide bonds. The van der Waals surface area contributed by atoms with Gasteiger partial charge < -0.3 is 10.2 Å². The van der Waals surface area contributed by atoms with Crippen molar-refractivity contribution in [3.8, 4) is 0 Å². The number of likely N-dealkylation sites (N-methyl/N-ethyl adjacent to an activating group) is 1. The van der Waals surface area contributed by atoms with E-state index >= 15 is 0 Å². The van der Waals surface area contributed by atoms with Gasteiger partial charge in [0.1, 0.15) is 0 Å². The summed E-state index contributed by atoms with van der Waals surface area (Å²) in [7, 11) is 2.19. The van der Waals surface area contributed by atoms with E-state index in [0.717, 1.165) is 26.1 Å². The number of rotatable bonds is 8. The van der Waals surface area contributed by atoms with E-state index < -0.39 is 0 Å². The monoisotopic (exact) mass is 235 g/mol. The zero-order valence-electron chi connectivity index (χ0n) is 11.3. The van der Waals surface area contributed by atoms with Crippen molar-refractivity contribution in [3.05, 3.63) is 30.1 Å². The number of pyridine rings is 1. The molecule has 0 aromatic carbocycles. The minimum absolute atomic E-state index is 0.586. The lowest BCUT2D eigenvalue weighted by Crippen LogP contribution is -2.39. The van der Waals surface area contributed by atoms with Crippen LogP contribution in [0, 0.1) is 0 Å². The van der Waals surface area contributed by atoms with Gasteiger partial charge in [0.2, 0.25) is 0 Å². The van der Waals surface area contributed by atoms with Gasteiger partial charge in [-0.15, -0.1) is 0 Å². The maximum Gasteiger partial charge on any atom is 0.0270 e. The van der Waals surface area contributed by atoms with Gasteiger partial charge in [-0.1, -0.05) is 6.92 Å². The lowest BCUT2D eigenvalue weighted by Gasteiger charge is -2.25. The molecule has 0 radical (unpaired) electrons.